The van der Waals surface area contributed by atoms with E-state index in [1.807, 2.05) is 18.2 Å². The number of nitrogens with zero attached hydrogens (tertiary/aromatic N) is 1. The Kier molecular flexibility index (Phi) is 4.88. The number of piperidine rings is 1. The maximum atomic E-state index is 12.1. The van der Waals surface area contributed by atoms with Crippen LogP contribution < -0.4 is 11.1 Å². The summed E-state index contributed by atoms with van der Waals surface area (Å²) in [6.07, 6.45) is 2.35. The SMILES string of the molecule is CC(C)(C)C1CCN(CC(=O)Nc2cccc(N)c2)CC1. The third-order valence-corrected chi connectivity index (χ3v) is 4.35. The lowest BCUT2D eigenvalue weighted by molar-refractivity contribution is -0.117. The molecule has 4 heteroatoms. The van der Waals surface area contributed by atoms with Crippen molar-refractivity contribution < 1.29 is 4.79 Å². The van der Waals surface area contributed by atoms with E-state index in [1.165, 1.54) is 12.8 Å². The fraction of sp³-hybridized carbons (Fsp3) is 0.588. The molecule has 116 valence electrons. The molecule has 1 aromatic rings. The normalized spacial score (nSPS) is 17.7. The molecule has 1 heterocycles. The molecule has 3 N–H and O–H groups in total. The van der Waals surface area contributed by atoms with Crippen molar-refractivity contribution >= 4 is 17.3 Å². The van der Waals surface area contributed by atoms with Gasteiger partial charge in [-0.3, -0.25) is 9.69 Å². The number of hydrogen-bond acceptors (Lipinski definition) is 3. The van der Waals surface area contributed by atoms with E-state index in [2.05, 4.69) is 31.0 Å². The summed E-state index contributed by atoms with van der Waals surface area (Å²) in [5.41, 5.74) is 7.52. The third kappa shape index (κ3) is 4.74. The first-order valence-corrected chi connectivity index (χ1v) is 7.72. The molecule has 1 aromatic carbocycles. The van der Waals surface area contributed by atoms with E-state index in [1.54, 1.807) is 6.07 Å². The number of nitrogens with one attached hydrogen (secondary N) is 1. The van der Waals surface area contributed by atoms with Gasteiger partial charge in [-0.05, 0) is 55.5 Å². The fourth-order valence-electron chi connectivity index (χ4n) is 2.98. The molecule has 1 saturated heterocycles. The van der Waals surface area contributed by atoms with Gasteiger partial charge in [-0.1, -0.05) is 26.8 Å². The van der Waals surface area contributed by atoms with Crippen molar-refractivity contribution in [3.63, 3.8) is 0 Å². The van der Waals surface area contributed by atoms with E-state index < -0.39 is 0 Å². The highest BCUT2D eigenvalue weighted by Gasteiger charge is 2.29. The molecule has 2 rings (SSSR count). The number of nitrogens with two attached hydrogens (primary N) is 1. The van der Waals surface area contributed by atoms with Gasteiger partial charge in [0.15, 0.2) is 0 Å². The Bertz CT molecular complexity index is 485. The van der Waals surface area contributed by atoms with Crippen LogP contribution in [0.15, 0.2) is 24.3 Å². The van der Waals surface area contributed by atoms with E-state index in [-0.39, 0.29) is 5.91 Å². The van der Waals surface area contributed by atoms with E-state index in [9.17, 15) is 4.79 Å². The molecule has 1 aliphatic heterocycles. The zero-order valence-electron chi connectivity index (χ0n) is 13.4. The quantitative estimate of drug-likeness (QED) is 0.841. The number of hydrogen-bond donors (Lipinski definition) is 2. The number of carbonyl (C=O) groups excluding carboxylic acids is 1. The van der Waals surface area contributed by atoms with Crippen LogP contribution in [0.4, 0.5) is 11.4 Å². The van der Waals surface area contributed by atoms with Gasteiger partial charge in [-0.15, -0.1) is 0 Å². The average molecular weight is 289 g/mol. The van der Waals surface area contributed by atoms with Crippen molar-refractivity contribution in [2.45, 2.75) is 33.6 Å². The first-order valence-electron chi connectivity index (χ1n) is 7.72. The predicted molar refractivity (Wildman–Crippen MR) is 88.1 cm³/mol. The minimum atomic E-state index is 0.0369. The Hall–Kier alpha value is -1.55. The maximum absolute atomic E-state index is 12.1. The minimum Gasteiger partial charge on any atom is -0.399 e. The molecule has 4 nitrogen and oxygen atoms in total. The van der Waals surface area contributed by atoms with Crippen molar-refractivity contribution in [3.8, 4) is 0 Å². The van der Waals surface area contributed by atoms with Crippen LogP contribution in [-0.2, 0) is 4.79 Å². The summed E-state index contributed by atoms with van der Waals surface area (Å²) < 4.78 is 0. The number of anilines is 2. The van der Waals surface area contributed by atoms with Crippen LogP contribution in [0.1, 0.15) is 33.6 Å². The molecule has 0 saturated carbocycles. The van der Waals surface area contributed by atoms with Gasteiger partial charge in [-0.2, -0.15) is 0 Å². The maximum Gasteiger partial charge on any atom is 0.238 e. The lowest BCUT2D eigenvalue weighted by atomic mass is 9.75. The molecule has 1 amide bonds. The molecule has 1 fully saturated rings. The van der Waals surface area contributed by atoms with Crippen LogP contribution in [0.25, 0.3) is 0 Å². The number of amides is 1. The van der Waals surface area contributed by atoms with Crippen LogP contribution in [0.3, 0.4) is 0 Å². The van der Waals surface area contributed by atoms with Crippen LogP contribution in [0.2, 0.25) is 0 Å². The highest BCUT2D eigenvalue weighted by Crippen LogP contribution is 2.34. The monoisotopic (exact) mass is 289 g/mol. The molecular weight excluding hydrogens is 262 g/mol. The fourth-order valence-corrected chi connectivity index (χ4v) is 2.98. The standard InChI is InChI=1S/C17H27N3O/c1-17(2,3)13-7-9-20(10-8-13)12-16(21)19-15-6-4-5-14(18)11-15/h4-6,11,13H,7-10,12,18H2,1-3H3,(H,19,21). The zero-order valence-corrected chi connectivity index (χ0v) is 13.4. The van der Waals surface area contributed by atoms with Crippen LogP contribution >= 0.6 is 0 Å². The Morgan fingerprint density at radius 3 is 2.57 bits per heavy atom. The molecule has 21 heavy (non-hydrogen) atoms. The van der Waals surface area contributed by atoms with Crippen LogP contribution in [0.5, 0.6) is 0 Å². The number of likely N-dealkylation sites (tertiary alicyclic amines) is 1. The van der Waals surface area contributed by atoms with Crippen molar-refractivity contribution in [1.82, 2.24) is 4.90 Å². The van der Waals surface area contributed by atoms with E-state index in [4.69, 9.17) is 5.73 Å². The van der Waals surface area contributed by atoms with Gasteiger partial charge < -0.3 is 11.1 Å². The second-order valence-electron chi connectivity index (χ2n) is 7.09. The van der Waals surface area contributed by atoms with Crippen molar-refractivity contribution in [2.75, 3.05) is 30.7 Å². The number of rotatable bonds is 3. The highest BCUT2D eigenvalue weighted by atomic mass is 16.2. The molecular formula is C17H27N3O. The molecule has 0 atom stereocenters. The van der Waals surface area contributed by atoms with Gasteiger partial charge in [0.05, 0.1) is 6.54 Å². The first-order chi connectivity index (χ1) is 9.84. The number of carbonyl (C=O) groups is 1. The van der Waals surface area contributed by atoms with Gasteiger partial charge in [0.2, 0.25) is 5.91 Å². The highest BCUT2D eigenvalue weighted by molar-refractivity contribution is 5.92. The molecule has 0 unspecified atom stereocenters. The third-order valence-electron chi connectivity index (χ3n) is 4.35. The summed E-state index contributed by atoms with van der Waals surface area (Å²) in [5, 5.41) is 2.91. The Labute approximate surface area is 127 Å². The summed E-state index contributed by atoms with van der Waals surface area (Å²) in [6.45, 7) is 9.39. The molecule has 0 aromatic heterocycles. The summed E-state index contributed by atoms with van der Waals surface area (Å²) in [6, 6.07) is 7.30. The molecule has 0 aliphatic carbocycles. The van der Waals surface area contributed by atoms with Crippen LogP contribution in [0, 0.1) is 11.3 Å². The second kappa shape index (κ2) is 6.48. The smallest absolute Gasteiger partial charge is 0.238 e. The van der Waals surface area contributed by atoms with Crippen LogP contribution in [-0.4, -0.2) is 30.4 Å². The Morgan fingerprint density at radius 2 is 2.00 bits per heavy atom. The van der Waals surface area contributed by atoms with Crippen molar-refractivity contribution in [2.24, 2.45) is 11.3 Å². The minimum absolute atomic E-state index is 0.0369. The number of benzene rings is 1. The van der Waals surface area contributed by atoms with E-state index in [0.29, 0.717) is 17.6 Å². The summed E-state index contributed by atoms with van der Waals surface area (Å²) >= 11 is 0. The average Bonchev–Trinajstić information content (AvgIpc) is 2.38. The molecule has 0 radical (unpaired) electrons. The van der Waals surface area contributed by atoms with Crippen molar-refractivity contribution in [1.29, 1.82) is 0 Å². The predicted octanol–water partition coefficient (Wildman–Crippen LogP) is 2.97. The lowest BCUT2D eigenvalue weighted by Crippen LogP contribution is -2.41. The van der Waals surface area contributed by atoms with Gasteiger partial charge >= 0.3 is 0 Å². The van der Waals surface area contributed by atoms with Gasteiger partial charge in [0, 0.05) is 11.4 Å². The first kappa shape index (κ1) is 15.8. The molecule has 0 bridgehead atoms. The topological polar surface area (TPSA) is 58.4 Å². The Morgan fingerprint density at radius 1 is 1.33 bits per heavy atom. The summed E-state index contributed by atoms with van der Waals surface area (Å²) in [4.78, 5) is 14.3. The van der Waals surface area contributed by atoms with Gasteiger partial charge in [0.1, 0.15) is 0 Å². The van der Waals surface area contributed by atoms with Crippen molar-refractivity contribution in [3.05, 3.63) is 24.3 Å². The lowest BCUT2D eigenvalue weighted by Gasteiger charge is -2.38. The molecule has 1 aliphatic rings. The molecule has 0 spiro atoms. The largest absolute Gasteiger partial charge is 0.399 e. The van der Waals surface area contributed by atoms with Gasteiger partial charge in [-0.25, -0.2) is 0 Å². The van der Waals surface area contributed by atoms with E-state index in [0.717, 1.165) is 24.7 Å². The van der Waals surface area contributed by atoms with E-state index >= 15 is 0 Å². The Balaban J connectivity index is 1.79. The zero-order chi connectivity index (χ0) is 15.5. The van der Waals surface area contributed by atoms with Gasteiger partial charge in [0.25, 0.3) is 0 Å². The summed E-state index contributed by atoms with van der Waals surface area (Å²) in [5.74, 6) is 0.792. The summed E-state index contributed by atoms with van der Waals surface area (Å²) in [7, 11) is 0. The second-order valence-corrected chi connectivity index (χ2v) is 7.09. The number of nitrogen functional groups attached to an aromatic ring is 1.